The predicted octanol–water partition coefficient (Wildman–Crippen LogP) is 7.17. The summed E-state index contributed by atoms with van der Waals surface area (Å²) in [4.78, 5) is 23.0. The maximum absolute atomic E-state index is 14.0. The van der Waals surface area contributed by atoms with Gasteiger partial charge in [-0.25, -0.2) is 4.79 Å². The molecule has 0 unspecified atom stereocenters. The van der Waals surface area contributed by atoms with Crippen LogP contribution in [0.2, 0.25) is 5.02 Å². The molecule has 0 saturated carbocycles. The van der Waals surface area contributed by atoms with Crippen molar-refractivity contribution in [3.63, 3.8) is 0 Å². The second-order valence-electron chi connectivity index (χ2n) is 10.7. The largest absolute Gasteiger partial charge is 0.508 e. The summed E-state index contributed by atoms with van der Waals surface area (Å²) < 4.78 is 1.72. The lowest BCUT2D eigenvalue weighted by Crippen LogP contribution is -2.46. The van der Waals surface area contributed by atoms with Gasteiger partial charge in [-0.3, -0.25) is 4.57 Å². The molecule has 1 N–H and O–H groups in total. The number of phenols is 1. The molecule has 2 heterocycles. The Balaban J connectivity index is 1.64. The first-order valence-electron chi connectivity index (χ1n) is 14.1. The molecule has 7 heteroatoms. The second kappa shape index (κ2) is 10.9. The molecule has 1 aliphatic rings. The van der Waals surface area contributed by atoms with Crippen molar-refractivity contribution in [1.82, 2.24) is 14.5 Å². The Morgan fingerprint density at radius 3 is 2.44 bits per heavy atom. The minimum atomic E-state index is -0.326. The SMILES string of the molecule is C=C(C)N1CCN(c2nc(=O)n(-c3ccccc3CCC)c3cc(-c4cc(O)cc5ccccc45)c(Cl)cc23)CC1. The fourth-order valence-corrected chi connectivity index (χ4v) is 6.20. The minimum Gasteiger partial charge on any atom is -0.508 e. The quantitative estimate of drug-likeness (QED) is 0.237. The highest BCUT2D eigenvalue weighted by atomic mass is 35.5. The van der Waals surface area contributed by atoms with Crippen molar-refractivity contribution in [3.8, 4) is 22.6 Å². The van der Waals surface area contributed by atoms with Gasteiger partial charge in [0.05, 0.1) is 11.2 Å². The Labute approximate surface area is 244 Å². The first-order chi connectivity index (χ1) is 19.9. The number of para-hydroxylation sites is 1. The Morgan fingerprint density at radius 1 is 0.951 bits per heavy atom. The van der Waals surface area contributed by atoms with Crippen LogP contribution < -0.4 is 10.6 Å². The average molecular weight is 565 g/mol. The molecule has 1 aromatic heterocycles. The van der Waals surface area contributed by atoms with Gasteiger partial charge in [0, 0.05) is 47.8 Å². The number of allylic oxidation sites excluding steroid dienone is 1. The number of anilines is 1. The van der Waals surface area contributed by atoms with Crippen LogP contribution in [0.15, 0.2) is 89.9 Å². The Hall–Kier alpha value is -4.29. The van der Waals surface area contributed by atoms with E-state index in [4.69, 9.17) is 11.6 Å². The van der Waals surface area contributed by atoms with Gasteiger partial charge in [0.2, 0.25) is 0 Å². The Bertz CT molecular complexity index is 1850. The van der Waals surface area contributed by atoms with Gasteiger partial charge >= 0.3 is 5.69 Å². The number of hydrogen-bond donors (Lipinski definition) is 1. The van der Waals surface area contributed by atoms with Gasteiger partial charge in [-0.05, 0) is 65.6 Å². The molecule has 6 nitrogen and oxygen atoms in total. The van der Waals surface area contributed by atoms with Gasteiger partial charge in [0.1, 0.15) is 11.6 Å². The van der Waals surface area contributed by atoms with Gasteiger partial charge < -0.3 is 14.9 Å². The number of nitrogens with zero attached hydrogens (tertiary/aromatic N) is 4. The van der Waals surface area contributed by atoms with E-state index in [1.165, 1.54) is 0 Å². The lowest BCUT2D eigenvalue weighted by atomic mass is 9.96. The number of aromatic hydroxyl groups is 1. The summed E-state index contributed by atoms with van der Waals surface area (Å²) in [6, 6.07) is 23.3. The zero-order chi connectivity index (χ0) is 28.7. The number of rotatable bonds is 6. The van der Waals surface area contributed by atoms with Crippen molar-refractivity contribution in [1.29, 1.82) is 0 Å². The number of fused-ring (bicyclic) bond motifs is 2. The molecular weight excluding hydrogens is 532 g/mol. The molecule has 0 bridgehead atoms. The molecule has 4 aromatic carbocycles. The second-order valence-corrected chi connectivity index (χ2v) is 11.1. The zero-order valence-corrected chi connectivity index (χ0v) is 24.2. The molecule has 0 spiro atoms. The lowest BCUT2D eigenvalue weighted by Gasteiger charge is -2.37. The molecule has 0 amide bonds. The summed E-state index contributed by atoms with van der Waals surface area (Å²) in [6.45, 7) is 11.3. The standard InChI is InChI=1S/C34H33ClN4O2/c1-4-9-23-10-6-8-13-31(23)39-32-21-28(27-19-25(40)18-24-11-5-7-12-26(24)27)30(35)20-29(32)33(36-34(39)41)38-16-14-37(15-17-38)22(2)3/h5-8,10-13,18-21,40H,2,4,9,14-17H2,1,3H3. The first kappa shape index (κ1) is 26.9. The lowest BCUT2D eigenvalue weighted by molar-refractivity contribution is 0.323. The molecule has 1 aliphatic heterocycles. The first-order valence-corrected chi connectivity index (χ1v) is 14.5. The summed E-state index contributed by atoms with van der Waals surface area (Å²) in [7, 11) is 0. The van der Waals surface area contributed by atoms with Crippen LogP contribution >= 0.6 is 11.6 Å². The average Bonchev–Trinajstić information content (AvgIpc) is 2.97. The molecule has 0 aliphatic carbocycles. The Morgan fingerprint density at radius 2 is 1.68 bits per heavy atom. The molecule has 0 radical (unpaired) electrons. The van der Waals surface area contributed by atoms with Crippen LogP contribution in [0.4, 0.5) is 5.82 Å². The molecular formula is C34H33ClN4O2. The fourth-order valence-electron chi connectivity index (χ4n) is 5.94. The normalized spacial score (nSPS) is 13.7. The zero-order valence-electron chi connectivity index (χ0n) is 23.4. The van der Waals surface area contributed by atoms with E-state index in [-0.39, 0.29) is 11.4 Å². The number of aromatic nitrogens is 2. The van der Waals surface area contributed by atoms with Crippen LogP contribution in [0.3, 0.4) is 0 Å². The monoisotopic (exact) mass is 564 g/mol. The van der Waals surface area contributed by atoms with Crippen LogP contribution in [-0.4, -0.2) is 45.7 Å². The molecule has 6 rings (SSSR count). The van der Waals surface area contributed by atoms with Crippen molar-refractivity contribution in [2.24, 2.45) is 0 Å². The van der Waals surface area contributed by atoms with Gasteiger partial charge in [0.25, 0.3) is 0 Å². The maximum Gasteiger partial charge on any atom is 0.354 e. The molecule has 1 saturated heterocycles. The number of piperazine rings is 1. The van der Waals surface area contributed by atoms with Crippen molar-refractivity contribution < 1.29 is 5.11 Å². The molecule has 208 valence electrons. The molecule has 5 aromatic rings. The summed E-state index contributed by atoms with van der Waals surface area (Å²) in [6.07, 6.45) is 1.79. The van der Waals surface area contributed by atoms with Crippen molar-refractivity contribution in [2.45, 2.75) is 26.7 Å². The highest BCUT2D eigenvalue weighted by molar-refractivity contribution is 6.35. The number of aryl methyl sites for hydroxylation is 1. The number of benzene rings is 4. The number of phenolic OH excluding ortho intramolecular Hbond substituents is 1. The smallest absolute Gasteiger partial charge is 0.354 e. The van der Waals surface area contributed by atoms with Crippen LogP contribution in [0, 0.1) is 0 Å². The van der Waals surface area contributed by atoms with E-state index in [1.54, 1.807) is 16.7 Å². The summed E-state index contributed by atoms with van der Waals surface area (Å²) in [5.41, 5.74) is 4.91. The van der Waals surface area contributed by atoms with Crippen LogP contribution in [-0.2, 0) is 6.42 Å². The van der Waals surface area contributed by atoms with E-state index in [2.05, 4.69) is 34.4 Å². The van der Waals surface area contributed by atoms with Crippen LogP contribution in [0.5, 0.6) is 5.75 Å². The van der Waals surface area contributed by atoms with E-state index in [9.17, 15) is 9.90 Å². The summed E-state index contributed by atoms with van der Waals surface area (Å²) in [5, 5.41) is 13.8. The highest BCUT2D eigenvalue weighted by Gasteiger charge is 2.24. The van der Waals surface area contributed by atoms with Crippen molar-refractivity contribution >= 4 is 39.1 Å². The maximum atomic E-state index is 14.0. The molecule has 0 atom stereocenters. The van der Waals surface area contributed by atoms with E-state index in [0.717, 1.165) is 88.8 Å². The van der Waals surface area contributed by atoms with E-state index >= 15 is 0 Å². The third kappa shape index (κ3) is 4.93. The third-order valence-electron chi connectivity index (χ3n) is 7.97. The van der Waals surface area contributed by atoms with E-state index < -0.39 is 0 Å². The van der Waals surface area contributed by atoms with Crippen LogP contribution in [0.25, 0.3) is 38.5 Å². The topological polar surface area (TPSA) is 61.6 Å². The number of halogens is 1. The number of hydrogen-bond acceptors (Lipinski definition) is 5. The van der Waals surface area contributed by atoms with Gasteiger partial charge in [-0.2, -0.15) is 4.98 Å². The van der Waals surface area contributed by atoms with Crippen LogP contribution in [0.1, 0.15) is 25.8 Å². The van der Waals surface area contributed by atoms with E-state index in [1.807, 2.05) is 61.5 Å². The Kier molecular flexibility index (Phi) is 7.18. The predicted molar refractivity (Wildman–Crippen MR) is 170 cm³/mol. The summed E-state index contributed by atoms with van der Waals surface area (Å²) >= 11 is 7.05. The van der Waals surface area contributed by atoms with Gasteiger partial charge in [0.15, 0.2) is 0 Å². The highest BCUT2D eigenvalue weighted by Crippen LogP contribution is 2.40. The van der Waals surface area contributed by atoms with Crippen molar-refractivity contribution in [2.75, 3.05) is 31.1 Å². The van der Waals surface area contributed by atoms with E-state index in [0.29, 0.717) is 10.8 Å². The van der Waals surface area contributed by atoms with Crippen molar-refractivity contribution in [3.05, 3.63) is 106 Å². The summed E-state index contributed by atoms with van der Waals surface area (Å²) in [5.74, 6) is 0.802. The fraction of sp³-hybridized carbons (Fsp3) is 0.235. The minimum absolute atomic E-state index is 0.159. The van der Waals surface area contributed by atoms with Gasteiger partial charge in [-0.15, -0.1) is 0 Å². The molecule has 41 heavy (non-hydrogen) atoms. The van der Waals surface area contributed by atoms with Gasteiger partial charge in [-0.1, -0.05) is 74.0 Å². The molecule has 1 fully saturated rings. The third-order valence-corrected chi connectivity index (χ3v) is 8.28.